The van der Waals surface area contributed by atoms with Gasteiger partial charge in [-0.15, -0.1) is 0 Å². The summed E-state index contributed by atoms with van der Waals surface area (Å²) in [4.78, 5) is 45.0. The Morgan fingerprint density at radius 2 is 1.81 bits per heavy atom. The number of aromatic nitrogens is 2. The second-order valence-electron chi connectivity index (χ2n) is 8.57. The van der Waals surface area contributed by atoms with Gasteiger partial charge in [-0.25, -0.2) is 9.78 Å². The molecule has 1 aliphatic rings. The maximum absolute atomic E-state index is 13.4. The molecule has 36 heavy (non-hydrogen) atoms. The van der Waals surface area contributed by atoms with Crippen LogP contribution in [-0.4, -0.2) is 68.3 Å². The molecule has 1 aromatic carbocycles. The standard InChI is InChI=1S/C23H27BN4O8/c1-13(2)10-17(24-35-19(23(34)36-24)18(29)22(32)33)28-20(30)15(11-14-6-4-3-5-7-14)27-21(31)16-12-25-8-9-26-16/h3-9,12-13,15,17-18,29,34H,10-11H2,1-2H3,(H,27,31)(H,28,30)(H,32,33)/t15-,17-,18-/m0/s1. The molecule has 190 valence electrons. The third-order valence-electron chi connectivity index (χ3n) is 5.25. The number of nitrogens with zero attached hydrogens (tertiary/aromatic N) is 2. The quantitative estimate of drug-likeness (QED) is 0.275. The van der Waals surface area contributed by atoms with Gasteiger partial charge in [0.25, 0.3) is 5.91 Å². The van der Waals surface area contributed by atoms with Gasteiger partial charge < -0.3 is 35.3 Å². The molecule has 0 spiro atoms. The van der Waals surface area contributed by atoms with E-state index in [0.717, 1.165) is 5.56 Å². The summed E-state index contributed by atoms with van der Waals surface area (Å²) in [6.45, 7) is 3.76. The summed E-state index contributed by atoms with van der Waals surface area (Å²) in [5, 5.41) is 34.2. The number of carbonyl (C=O) groups is 3. The number of nitrogens with one attached hydrogen (secondary N) is 2. The van der Waals surface area contributed by atoms with Crippen molar-refractivity contribution in [2.75, 3.05) is 0 Å². The molecule has 2 amide bonds. The number of aliphatic hydroxyl groups excluding tert-OH is 2. The number of aliphatic carboxylic acids is 1. The van der Waals surface area contributed by atoms with E-state index in [1.54, 1.807) is 12.1 Å². The molecule has 0 aliphatic carbocycles. The Kier molecular flexibility index (Phi) is 8.84. The minimum absolute atomic E-state index is 0.0276. The predicted octanol–water partition coefficient (Wildman–Crippen LogP) is 0.595. The van der Waals surface area contributed by atoms with E-state index in [1.165, 1.54) is 18.6 Å². The zero-order valence-corrected chi connectivity index (χ0v) is 19.7. The first kappa shape index (κ1) is 26.5. The molecule has 0 saturated carbocycles. The van der Waals surface area contributed by atoms with Crippen molar-refractivity contribution in [2.45, 2.75) is 44.8 Å². The highest BCUT2D eigenvalue weighted by atomic mass is 16.7. The van der Waals surface area contributed by atoms with Gasteiger partial charge in [0.2, 0.25) is 12.0 Å². The van der Waals surface area contributed by atoms with Gasteiger partial charge in [0.05, 0.1) is 12.1 Å². The van der Waals surface area contributed by atoms with Gasteiger partial charge >= 0.3 is 19.0 Å². The van der Waals surface area contributed by atoms with Crippen LogP contribution >= 0.6 is 0 Å². The van der Waals surface area contributed by atoms with Crippen LogP contribution in [0.5, 0.6) is 0 Å². The van der Waals surface area contributed by atoms with Crippen LogP contribution < -0.4 is 10.6 Å². The molecule has 3 rings (SSSR count). The van der Waals surface area contributed by atoms with Crippen LogP contribution in [0.15, 0.2) is 60.6 Å². The van der Waals surface area contributed by atoms with Gasteiger partial charge in [0, 0.05) is 18.8 Å². The number of hydrogen-bond donors (Lipinski definition) is 5. The summed E-state index contributed by atoms with van der Waals surface area (Å²) < 4.78 is 10.6. The van der Waals surface area contributed by atoms with E-state index in [-0.39, 0.29) is 18.0 Å². The van der Waals surface area contributed by atoms with Crippen molar-refractivity contribution in [1.29, 1.82) is 0 Å². The van der Waals surface area contributed by atoms with E-state index in [0.29, 0.717) is 6.42 Å². The van der Waals surface area contributed by atoms with Crippen LogP contribution in [0, 0.1) is 5.92 Å². The highest BCUT2D eigenvalue weighted by Gasteiger charge is 2.46. The summed E-state index contributed by atoms with van der Waals surface area (Å²) in [7, 11) is -1.30. The molecule has 0 fully saturated rings. The molecule has 0 radical (unpaired) electrons. The number of aliphatic hydroxyl groups is 2. The molecule has 2 heterocycles. The molecular formula is C23H27BN4O8. The van der Waals surface area contributed by atoms with E-state index in [9.17, 15) is 24.6 Å². The lowest BCUT2D eigenvalue weighted by Gasteiger charge is -2.25. The van der Waals surface area contributed by atoms with Crippen molar-refractivity contribution in [3.63, 3.8) is 0 Å². The largest absolute Gasteiger partial charge is 0.620 e. The summed E-state index contributed by atoms with van der Waals surface area (Å²) in [5.74, 6) is -5.17. The maximum atomic E-state index is 13.4. The van der Waals surface area contributed by atoms with Crippen LogP contribution in [0.4, 0.5) is 0 Å². The van der Waals surface area contributed by atoms with Crippen LogP contribution in [0.25, 0.3) is 0 Å². The molecule has 0 bridgehead atoms. The Bertz CT molecular complexity index is 1100. The first-order valence-electron chi connectivity index (χ1n) is 11.2. The molecular weight excluding hydrogens is 471 g/mol. The molecule has 2 aromatic rings. The molecule has 1 aliphatic heterocycles. The zero-order valence-electron chi connectivity index (χ0n) is 19.7. The average Bonchev–Trinajstić information content (AvgIpc) is 3.24. The minimum Gasteiger partial charge on any atom is -0.520 e. The first-order valence-corrected chi connectivity index (χ1v) is 11.2. The zero-order chi connectivity index (χ0) is 26.2. The van der Waals surface area contributed by atoms with Gasteiger partial charge in [-0.1, -0.05) is 44.2 Å². The second-order valence-corrected chi connectivity index (χ2v) is 8.57. The lowest BCUT2D eigenvalue weighted by atomic mass is 9.74. The number of carboxylic acids is 1. The molecule has 12 nitrogen and oxygen atoms in total. The fraction of sp³-hybridized carbons (Fsp3) is 0.348. The highest BCUT2D eigenvalue weighted by molar-refractivity contribution is 6.48. The number of hydrogen-bond acceptors (Lipinski definition) is 9. The number of rotatable bonds is 11. The molecule has 13 heteroatoms. The smallest absolute Gasteiger partial charge is 0.520 e. The normalized spacial score (nSPS) is 15.5. The summed E-state index contributed by atoms with van der Waals surface area (Å²) >= 11 is 0. The molecule has 3 atom stereocenters. The summed E-state index contributed by atoms with van der Waals surface area (Å²) in [6, 6.07) is 8.03. The summed E-state index contributed by atoms with van der Waals surface area (Å²) in [5.41, 5.74) is 0.822. The SMILES string of the molecule is CC(C)C[C@H](NC(=O)[C@H](Cc1ccccc1)NC(=O)c1cnccn1)B1OC(O)=C([C@H](O)C(=O)O)O1. The van der Waals surface area contributed by atoms with Crippen molar-refractivity contribution < 1.29 is 39.0 Å². The van der Waals surface area contributed by atoms with E-state index in [1.807, 2.05) is 32.0 Å². The first-order chi connectivity index (χ1) is 17.2. The van der Waals surface area contributed by atoms with Gasteiger partial charge in [0.1, 0.15) is 11.7 Å². The monoisotopic (exact) mass is 498 g/mol. The van der Waals surface area contributed by atoms with Gasteiger partial charge in [-0.3, -0.25) is 14.6 Å². The fourth-order valence-corrected chi connectivity index (χ4v) is 3.56. The molecule has 0 saturated heterocycles. The second kappa shape index (κ2) is 12.0. The van der Waals surface area contributed by atoms with E-state index >= 15 is 0 Å². The Balaban J connectivity index is 1.79. The number of amides is 2. The van der Waals surface area contributed by atoms with Gasteiger partial charge in [-0.05, 0) is 17.9 Å². The highest BCUT2D eigenvalue weighted by Crippen LogP contribution is 2.25. The fourth-order valence-electron chi connectivity index (χ4n) is 3.56. The number of benzene rings is 1. The average molecular weight is 498 g/mol. The van der Waals surface area contributed by atoms with Gasteiger partial charge in [-0.2, -0.15) is 0 Å². The van der Waals surface area contributed by atoms with Crippen molar-refractivity contribution in [2.24, 2.45) is 5.92 Å². The van der Waals surface area contributed by atoms with E-state index in [4.69, 9.17) is 14.4 Å². The van der Waals surface area contributed by atoms with Crippen molar-refractivity contribution in [3.8, 4) is 0 Å². The third kappa shape index (κ3) is 6.95. The van der Waals surface area contributed by atoms with Crippen LogP contribution in [0.2, 0.25) is 0 Å². The Hall–Kier alpha value is -4.13. The topological polar surface area (TPSA) is 180 Å². The van der Waals surface area contributed by atoms with Crippen molar-refractivity contribution >= 4 is 24.9 Å². The van der Waals surface area contributed by atoms with Crippen LogP contribution in [-0.2, 0) is 25.3 Å². The lowest BCUT2D eigenvalue weighted by Crippen LogP contribution is -2.55. The minimum atomic E-state index is -2.14. The third-order valence-corrected chi connectivity index (χ3v) is 5.25. The molecule has 0 unspecified atom stereocenters. The number of carboxylic acid groups (broad SMARTS) is 1. The maximum Gasteiger partial charge on any atom is 0.620 e. The Labute approximate surface area is 207 Å². The van der Waals surface area contributed by atoms with Crippen LogP contribution in [0.3, 0.4) is 0 Å². The Morgan fingerprint density at radius 3 is 2.42 bits per heavy atom. The summed E-state index contributed by atoms with van der Waals surface area (Å²) in [6.07, 6.45) is 2.39. The van der Waals surface area contributed by atoms with E-state index < -0.39 is 54.7 Å². The predicted molar refractivity (Wildman–Crippen MR) is 126 cm³/mol. The van der Waals surface area contributed by atoms with Crippen molar-refractivity contribution in [1.82, 2.24) is 20.6 Å². The molecule has 5 N–H and O–H groups in total. The lowest BCUT2D eigenvalue weighted by molar-refractivity contribution is -0.145. The van der Waals surface area contributed by atoms with Gasteiger partial charge in [0.15, 0.2) is 5.76 Å². The Morgan fingerprint density at radius 1 is 1.08 bits per heavy atom. The molecule has 1 aromatic heterocycles. The van der Waals surface area contributed by atoms with Crippen molar-refractivity contribution in [3.05, 3.63) is 71.9 Å². The van der Waals surface area contributed by atoms with E-state index in [2.05, 4.69) is 20.6 Å². The number of carbonyl (C=O) groups excluding carboxylic acids is 2. The van der Waals surface area contributed by atoms with Crippen LogP contribution in [0.1, 0.15) is 36.3 Å².